The zero-order chi connectivity index (χ0) is 24.6. The number of hydrogen-bond donors (Lipinski definition) is 1. The Bertz CT molecular complexity index is 1290. The number of unbranched alkanes of at least 4 members (excludes halogenated alkanes) is 1. The number of carbonyl (C=O) groups is 1. The van der Waals surface area contributed by atoms with Gasteiger partial charge in [-0.05, 0) is 67.0 Å². The first-order chi connectivity index (χ1) is 17.1. The van der Waals surface area contributed by atoms with Gasteiger partial charge in [0.25, 0.3) is 0 Å². The molecule has 4 rings (SSSR count). The highest BCUT2D eigenvalue weighted by Gasteiger charge is 2.13. The molecule has 1 heterocycles. The fraction of sp³-hybridized carbons (Fsp3) is 0.286. The van der Waals surface area contributed by atoms with Crippen LogP contribution in [0.15, 0.2) is 71.8 Å². The molecular formula is C28H29ClN2O3S. The van der Waals surface area contributed by atoms with Crippen molar-refractivity contribution < 1.29 is 14.6 Å². The summed E-state index contributed by atoms with van der Waals surface area (Å²) in [5, 5.41) is 15.3. The van der Waals surface area contributed by atoms with Crippen molar-refractivity contribution in [3.63, 3.8) is 0 Å². The van der Waals surface area contributed by atoms with E-state index >= 15 is 0 Å². The zero-order valence-electron chi connectivity index (χ0n) is 19.7. The van der Waals surface area contributed by atoms with E-state index in [4.69, 9.17) is 21.4 Å². The lowest BCUT2D eigenvalue weighted by Gasteiger charge is -2.13. The summed E-state index contributed by atoms with van der Waals surface area (Å²) in [6.07, 6.45) is 5.85. The molecule has 0 aliphatic rings. The first-order valence-electron chi connectivity index (χ1n) is 11.9. The molecule has 0 unspecified atom stereocenters. The number of para-hydroxylation sites is 1. The number of carboxylic acids is 1. The summed E-state index contributed by atoms with van der Waals surface area (Å²) in [6, 6.07) is 19.8. The largest absolute Gasteiger partial charge is 0.493 e. The highest BCUT2D eigenvalue weighted by Crippen LogP contribution is 2.32. The van der Waals surface area contributed by atoms with Gasteiger partial charge in [-0.25, -0.2) is 4.68 Å². The first-order valence-corrected chi connectivity index (χ1v) is 13.2. The van der Waals surface area contributed by atoms with Crippen molar-refractivity contribution in [2.24, 2.45) is 0 Å². The van der Waals surface area contributed by atoms with Gasteiger partial charge in [-0.1, -0.05) is 49.2 Å². The van der Waals surface area contributed by atoms with Crippen LogP contribution in [0.5, 0.6) is 5.75 Å². The third-order valence-electron chi connectivity index (χ3n) is 5.73. The number of rotatable bonds is 12. The number of aryl methyl sites for hydroxylation is 1. The van der Waals surface area contributed by atoms with Gasteiger partial charge in [-0.2, -0.15) is 5.10 Å². The number of ether oxygens (including phenoxy) is 1. The van der Waals surface area contributed by atoms with Crippen molar-refractivity contribution in [3.05, 3.63) is 83.0 Å². The maximum atomic E-state index is 10.9. The van der Waals surface area contributed by atoms with Crippen LogP contribution in [0.3, 0.4) is 0 Å². The number of thioether (sulfide) groups is 1. The minimum Gasteiger partial charge on any atom is -0.493 e. The zero-order valence-corrected chi connectivity index (χ0v) is 21.3. The van der Waals surface area contributed by atoms with Crippen molar-refractivity contribution in [3.8, 4) is 11.4 Å². The normalized spacial score (nSPS) is 11.1. The van der Waals surface area contributed by atoms with Crippen LogP contribution in [0.25, 0.3) is 16.6 Å². The number of halogens is 1. The quantitative estimate of drug-likeness (QED) is 0.162. The molecular weight excluding hydrogens is 480 g/mol. The monoisotopic (exact) mass is 508 g/mol. The maximum absolute atomic E-state index is 10.9. The van der Waals surface area contributed by atoms with E-state index in [1.807, 2.05) is 41.2 Å². The average Bonchev–Trinajstić information content (AvgIpc) is 3.28. The van der Waals surface area contributed by atoms with Gasteiger partial charge < -0.3 is 9.84 Å². The van der Waals surface area contributed by atoms with Crippen LogP contribution >= 0.6 is 23.4 Å². The molecule has 182 valence electrons. The Kier molecular flexibility index (Phi) is 8.72. The summed E-state index contributed by atoms with van der Waals surface area (Å²) >= 11 is 8.01. The van der Waals surface area contributed by atoms with E-state index in [1.165, 1.54) is 5.56 Å². The van der Waals surface area contributed by atoms with E-state index in [9.17, 15) is 4.79 Å². The van der Waals surface area contributed by atoms with Crippen molar-refractivity contribution in [1.29, 1.82) is 0 Å². The number of fused-ring (bicyclic) bond motifs is 1. The van der Waals surface area contributed by atoms with Gasteiger partial charge in [-0.15, -0.1) is 11.8 Å². The van der Waals surface area contributed by atoms with E-state index in [0.29, 0.717) is 11.6 Å². The molecule has 5 nitrogen and oxygen atoms in total. The fourth-order valence-electron chi connectivity index (χ4n) is 4.07. The van der Waals surface area contributed by atoms with Crippen LogP contribution in [0, 0.1) is 0 Å². The van der Waals surface area contributed by atoms with E-state index < -0.39 is 5.97 Å². The second-order valence-corrected chi connectivity index (χ2v) is 9.90. The van der Waals surface area contributed by atoms with Crippen LogP contribution < -0.4 is 4.74 Å². The molecule has 35 heavy (non-hydrogen) atoms. The van der Waals surface area contributed by atoms with Gasteiger partial charge in [0, 0.05) is 15.8 Å². The molecule has 3 aromatic carbocycles. The van der Waals surface area contributed by atoms with Gasteiger partial charge in [0.1, 0.15) is 5.75 Å². The molecule has 0 spiro atoms. The lowest BCUT2D eigenvalue weighted by molar-refractivity contribution is -0.136. The number of aromatic nitrogens is 2. The van der Waals surface area contributed by atoms with Gasteiger partial charge in [0.05, 0.1) is 35.5 Å². The van der Waals surface area contributed by atoms with Crippen molar-refractivity contribution >= 4 is 40.2 Å². The van der Waals surface area contributed by atoms with Crippen molar-refractivity contribution in [2.45, 2.75) is 43.9 Å². The van der Waals surface area contributed by atoms with Crippen LogP contribution in [0.4, 0.5) is 0 Å². The highest BCUT2D eigenvalue weighted by molar-refractivity contribution is 7.99. The number of aliphatic carboxylic acids is 1. The molecule has 0 aliphatic carbocycles. The van der Waals surface area contributed by atoms with E-state index in [-0.39, 0.29) is 6.42 Å². The smallest absolute Gasteiger partial charge is 0.307 e. The Morgan fingerprint density at radius 2 is 1.94 bits per heavy atom. The van der Waals surface area contributed by atoms with E-state index in [2.05, 4.69) is 36.3 Å². The average molecular weight is 509 g/mol. The van der Waals surface area contributed by atoms with E-state index in [1.54, 1.807) is 17.8 Å². The second kappa shape index (κ2) is 12.1. The molecule has 0 aliphatic heterocycles. The summed E-state index contributed by atoms with van der Waals surface area (Å²) in [6.45, 7) is 2.83. The maximum Gasteiger partial charge on any atom is 0.307 e. The van der Waals surface area contributed by atoms with Crippen LogP contribution in [0.2, 0.25) is 5.02 Å². The molecule has 0 atom stereocenters. The van der Waals surface area contributed by atoms with Crippen LogP contribution in [-0.2, 0) is 17.6 Å². The fourth-order valence-corrected chi connectivity index (χ4v) is 5.37. The summed E-state index contributed by atoms with van der Waals surface area (Å²) < 4.78 is 8.19. The lowest BCUT2D eigenvalue weighted by atomic mass is 10.0. The first kappa shape index (κ1) is 25.1. The molecule has 0 bridgehead atoms. The number of benzene rings is 3. The number of carboxylic acid groups (broad SMARTS) is 1. The van der Waals surface area contributed by atoms with Gasteiger partial charge >= 0.3 is 5.97 Å². The second-order valence-electron chi connectivity index (χ2n) is 8.36. The van der Waals surface area contributed by atoms with Crippen molar-refractivity contribution in [1.82, 2.24) is 9.78 Å². The number of hydrogen-bond acceptors (Lipinski definition) is 4. The minimum absolute atomic E-state index is 0.0130. The molecule has 1 aromatic heterocycles. The number of nitrogens with zero attached hydrogens (tertiary/aromatic N) is 2. The molecule has 0 radical (unpaired) electrons. The SMILES string of the molecule is CCCc1c(OCCCCSc2ccc(CC(=O)O)cc2Cl)ccc2c1cnn2-c1ccccc1. The van der Waals surface area contributed by atoms with Crippen LogP contribution in [-0.4, -0.2) is 33.2 Å². The lowest BCUT2D eigenvalue weighted by Crippen LogP contribution is -2.02. The van der Waals surface area contributed by atoms with Gasteiger partial charge in [-0.3, -0.25) is 4.79 Å². The van der Waals surface area contributed by atoms with Crippen molar-refractivity contribution in [2.75, 3.05) is 12.4 Å². The van der Waals surface area contributed by atoms with Crippen LogP contribution in [0.1, 0.15) is 37.3 Å². The molecule has 0 saturated carbocycles. The predicted molar refractivity (Wildman–Crippen MR) is 143 cm³/mol. The summed E-state index contributed by atoms with van der Waals surface area (Å²) in [5.74, 6) is 1.01. The molecule has 0 fully saturated rings. The predicted octanol–water partition coefficient (Wildman–Crippen LogP) is 7.21. The molecule has 0 saturated heterocycles. The van der Waals surface area contributed by atoms with Gasteiger partial charge in [0.2, 0.25) is 0 Å². The Labute approximate surface area is 215 Å². The Hall–Kier alpha value is -2.96. The molecule has 7 heteroatoms. The highest BCUT2D eigenvalue weighted by atomic mass is 35.5. The summed E-state index contributed by atoms with van der Waals surface area (Å²) in [5.41, 5.74) is 4.08. The Morgan fingerprint density at radius 3 is 2.69 bits per heavy atom. The standard InChI is InChI=1S/C28H29ClN2O3S/c1-2-8-22-23-19-30-31(21-9-4-3-5-10-21)25(23)12-13-26(22)34-15-6-7-16-35-27-14-11-20(17-24(27)29)18-28(32)33/h3-5,9-14,17,19H,2,6-8,15-16,18H2,1H3,(H,32,33). The Balaban J connectivity index is 1.33. The van der Waals surface area contributed by atoms with Gasteiger partial charge in [0.15, 0.2) is 0 Å². The molecule has 4 aromatic rings. The topological polar surface area (TPSA) is 64.3 Å². The summed E-state index contributed by atoms with van der Waals surface area (Å²) in [7, 11) is 0. The molecule has 0 amide bonds. The molecule has 1 N–H and O–H groups in total. The third-order valence-corrected chi connectivity index (χ3v) is 7.31. The Morgan fingerprint density at radius 1 is 1.11 bits per heavy atom. The minimum atomic E-state index is -0.854. The summed E-state index contributed by atoms with van der Waals surface area (Å²) in [4.78, 5) is 11.8. The van der Waals surface area contributed by atoms with E-state index in [0.717, 1.165) is 64.2 Å². The third kappa shape index (κ3) is 6.38.